The van der Waals surface area contributed by atoms with Crippen LogP contribution < -0.4 is 5.69 Å². The van der Waals surface area contributed by atoms with E-state index in [9.17, 15) is 13.2 Å². The predicted molar refractivity (Wildman–Crippen MR) is 82.5 cm³/mol. The van der Waals surface area contributed by atoms with Crippen molar-refractivity contribution in [1.29, 1.82) is 0 Å². The molecule has 6 nitrogen and oxygen atoms in total. The lowest BCUT2D eigenvalue weighted by molar-refractivity contribution is 0.510. The maximum Gasteiger partial charge on any atom is 0.345 e. The molecule has 0 N–H and O–H groups in total. The molecule has 1 aliphatic rings. The minimum absolute atomic E-state index is 0.0195. The van der Waals surface area contributed by atoms with Gasteiger partial charge in [-0.3, -0.25) is 4.57 Å². The van der Waals surface area contributed by atoms with Crippen molar-refractivity contribution in [3.63, 3.8) is 0 Å². The average Bonchev–Trinajstić information content (AvgIpc) is 2.85. The summed E-state index contributed by atoms with van der Waals surface area (Å²) in [6.45, 7) is 1.06. The number of aryl methyl sites for hydroxylation is 2. The Balaban J connectivity index is 1.67. The highest BCUT2D eigenvalue weighted by molar-refractivity contribution is 7.91. The second kappa shape index (κ2) is 6.08. The number of sulfone groups is 1. The van der Waals surface area contributed by atoms with E-state index in [0.717, 1.165) is 31.6 Å². The molecule has 118 valence electrons. The van der Waals surface area contributed by atoms with Crippen molar-refractivity contribution in [3.8, 4) is 0 Å². The highest BCUT2D eigenvalue weighted by Crippen LogP contribution is 2.12. The van der Waals surface area contributed by atoms with Crippen LogP contribution in [0.5, 0.6) is 0 Å². The van der Waals surface area contributed by atoms with E-state index in [4.69, 9.17) is 0 Å². The van der Waals surface area contributed by atoms with Gasteiger partial charge in [0.15, 0.2) is 9.84 Å². The summed E-state index contributed by atoms with van der Waals surface area (Å²) < 4.78 is 27.5. The Kier molecular flexibility index (Phi) is 4.15. The van der Waals surface area contributed by atoms with Gasteiger partial charge in [-0.2, -0.15) is 5.10 Å². The van der Waals surface area contributed by atoms with E-state index in [-0.39, 0.29) is 11.4 Å². The summed E-state index contributed by atoms with van der Waals surface area (Å²) >= 11 is 0. The van der Waals surface area contributed by atoms with Crippen LogP contribution in [0.15, 0.2) is 40.0 Å². The predicted octanol–water partition coefficient (Wildman–Crippen LogP) is 1.25. The molecule has 0 fully saturated rings. The van der Waals surface area contributed by atoms with Crippen LogP contribution in [0.3, 0.4) is 0 Å². The van der Waals surface area contributed by atoms with E-state index in [1.807, 2.05) is 0 Å². The fraction of sp³-hybridized carbons (Fsp3) is 0.467. The molecule has 0 spiro atoms. The maximum absolute atomic E-state index is 12.2. The van der Waals surface area contributed by atoms with Gasteiger partial charge in [0.05, 0.1) is 10.6 Å². The zero-order valence-electron chi connectivity index (χ0n) is 12.3. The molecule has 0 saturated heterocycles. The summed E-state index contributed by atoms with van der Waals surface area (Å²) in [6, 6.07) is 8.39. The van der Waals surface area contributed by atoms with Crippen molar-refractivity contribution in [2.24, 2.45) is 0 Å². The molecule has 2 heterocycles. The van der Waals surface area contributed by atoms with E-state index < -0.39 is 9.84 Å². The van der Waals surface area contributed by atoms with Gasteiger partial charge in [-0.15, -0.1) is 0 Å². The zero-order valence-corrected chi connectivity index (χ0v) is 13.1. The van der Waals surface area contributed by atoms with Gasteiger partial charge in [0.25, 0.3) is 0 Å². The molecule has 1 aromatic carbocycles. The topological polar surface area (TPSA) is 74.0 Å². The third kappa shape index (κ3) is 2.99. The quantitative estimate of drug-likeness (QED) is 0.830. The Hall–Kier alpha value is -1.89. The van der Waals surface area contributed by atoms with Gasteiger partial charge in [-0.05, 0) is 31.4 Å². The lowest BCUT2D eigenvalue weighted by Gasteiger charge is -2.09. The number of benzene rings is 1. The van der Waals surface area contributed by atoms with Crippen LogP contribution >= 0.6 is 0 Å². The summed E-state index contributed by atoms with van der Waals surface area (Å²) in [5.41, 5.74) is -0.119. The largest absolute Gasteiger partial charge is 0.345 e. The first-order valence-electron chi connectivity index (χ1n) is 7.52. The molecule has 0 atom stereocenters. The number of hydrogen-bond donors (Lipinski definition) is 0. The molecule has 0 radical (unpaired) electrons. The third-order valence-corrected chi connectivity index (χ3v) is 5.73. The molecule has 1 aromatic heterocycles. The van der Waals surface area contributed by atoms with Gasteiger partial charge in [0.2, 0.25) is 0 Å². The monoisotopic (exact) mass is 321 g/mol. The summed E-state index contributed by atoms with van der Waals surface area (Å²) in [6.07, 6.45) is 3.26. The Morgan fingerprint density at radius 2 is 1.91 bits per heavy atom. The molecular weight excluding hydrogens is 302 g/mol. The second-order valence-electron chi connectivity index (χ2n) is 5.52. The summed E-state index contributed by atoms with van der Waals surface area (Å²) in [5.74, 6) is 0.841. The maximum atomic E-state index is 12.2. The van der Waals surface area contributed by atoms with Crippen LogP contribution in [-0.2, 0) is 29.3 Å². The molecule has 0 amide bonds. The van der Waals surface area contributed by atoms with Crippen molar-refractivity contribution in [1.82, 2.24) is 14.3 Å². The van der Waals surface area contributed by atoms with Crippen LogP contribution in [0.4, 0.5) is 0 Å². The molecule has 0 unspecified atom stereocenters. The highest BCUT2D eigenvalue weighted by Gasteiger charge is 2.18. The SMILES string of the molecule is O=c1n(CCCS(=O)(=O)c2ccccc2)nc2n1CCCC2. The van der Waals surface area contributed by atoms with Crippen LogP contribution in [0.1, 0.15) is 25.1 Å². The molecular formula is C15H19N3O3S. The van der Waals surface area contributed by atoms with E-state index in [2.05, 4.69) is 5.10 Å². The summed E-state index contributed by atoms with van der Waals surface area (Å²) in [7, 11) is -3.30. The second-order valence-corrected chi connectivity index (χ2v) is 7.63. The Morgan fingerprint density at radius 1 is 1.14 bits per heavy atom. The molecule has 0 bridgehead atoms. The molecule has 2 aromatic rings. The lowest BCUT2D eigenvalue weighted by Crippen LogP contribution is -2.27. The number of nitrogens with zero attached hydrogens (tertiary/aromatic N) is 3. The Labute approximate surface area is 129 Å². The van der Waals surface area contributed by atoms with E-state index in [0.29, 0.717) is 17.9 Å². The van der Waals surface area contributed by atoms with Crippen molar-refractivity contribution >= 4 is 9.84 Å². The number of hydrogen-bond acceptors (Lipinski definition) is 4. The average molecular weight is 321 g/mol. The van der Waals surface area contributed by atoms with Crippen molar-refractivity contribution in [2.45, 2.75) is 43.7 Å². The first-order chi connectivity index (χ1) is 10.6. The van der Waals surface area contributed by atoms with Gasteiger partial charge in [-0.25, -0.2) is 17.9 Å². The molecule has 7 heteroatoms. The van der Waals surface area contributed by atoms with E-state index in [1.54, 1.807) is 34.9 Å². The third-order valence-electron chi connectivity index (χ3n) is 3.92. The Bertz CT molecular complexity index is 806. The first kappa shape index (κ1) is 15.0. The smallest absolute Gasteiger partial charge is 0.279 e. The fourth-order valence-electron chi connectivity index (χ4n) is 2.74. The van der Waals surface area contributed by atoms with Gasteiger partial charge in [-0.1, -0.05) is 18.2 Å². The minimum Gasteiger partial charge on any atom is -0.279 e. The molecule has 0 saturated carbocycles. The lowest BCUT2D eigenvalue weighted by atomic mass is 10.2. The number of aromatic nitrogens is 3. The summed E-state index contributed by atoms with van der Waals surface area (Å²) in [5, 5.41) is 4.31. The molecule has 3 rings (SSSR count). The number of rotatable bonds is 5. The van der Waals surface area contributed by atoms with Gasteiger partial charge in [0.1, 0.15) is 5.82 Å². The zero-order chi connectivity index (χ0) is 15.6. The Morgan fingerprint density at radius 3 is 2.64 bits per heavy atom. The van der Waals surface area contributed by atoms with Gasteiger partial charge in [0, 0.05) is 19.5 Å². The van der Waals surface area contributed by atoms with Crippen LogP contribution in [0.2, 0.25) is 0 Å². The molecule has 22 heavy (non-hydrogen) atoms. The van der Waals surface area contributed by atoms with Crippen molar-refractivity contribution in [2.75, 3.05) is 5.75 Å². The number of fused-ring (bicyclic) bond motifs is 1. The molecule has 1 aliphatic heterocycles. The standard InChI is InChI=1S/C15H19N3O3S/c19-15-17-10-5-4-9-14(17)16-18(15)11-6-12-22(20,21)13-7-2-1-3-8-13/h1-3,7-8H,4-6,9-12H2. The molecule has 0 aliphatic carbocycles. The van der Waals surface area contributed by atoms with Crippen molar-refractivity contribution < 1.29 is 8.42 Å². The highest BCUT2D eigenvalue weighted by atomic mass is 32.2. The van der Waals surface area contributed by atoms with Gasteiger partial charge >= 0.3 is 5.69 Å². The van der Waals surface area contributed by atoms with Crippen molar-refractivity contribution in [3.05, 3.63) is 46.6 Å². The normalized spacial score (nSPS) is 14.7. The minimum atomic E-state index is -3.30. The van der Waals surface area contributed by atoms with E-state index >= 15 is 0 Å². The van der Waals surface area contributed by atoms with Crippen LogP contribution in [-0.4, -0.2) is 28.5 Å². The van der Waals surface area contributed by atoms with Gasteiger partial charge < -0.3 is 0 Å². The van der Waals surface area contributed by atoms with Crippen LogP contribution in [0, 0.1) is 0 Å². The first-order valence-corrected chi connectivity index (χ1v) is 9.17. The van der Waals surface area contributed by atoms with E-state index in [1.165, 1.54) is 4.68 Å². The summed E-state index contributed by atoms with van der Waals surface area (Å²) in [4.78, 5) is 12.5. The fourth-order valence-corrected chi connectivity index (χ4v) is 4.06. The van der Waals surface area contributed by atoms with Crippen LogP contribution in [0.25, 0.3) is 0 Å².